The summed E-state index contributed by atoms with van der Waals surface area (Å²) >= 11 is 0. The molecule has 0 saturated heterocycles. The van der Waals surface area contributed by atoms with Gasteiger partial charge in [-0.1, -0.05) is 18.2 Å². The van der Waals surface area contributed by atoms with Crippen molar-refractivity contribution in [2.24, 2.45) is 12.0 Å². The lowest BCUT2D eigenvalue weighted by Gasteiger charge is -2.16. The molecule has 2 heterocycles. The van der Waals surface area contributed by atoms with Gasteiger partial charge >= 0.3 is 0 Å². The van der Waals surface area contributed by atoms with E-state index in [1.165, 1.54) is 12.8 Å². The minimum absolute atomic E-state index is 0. The Morgan fingerprint density at radius 3 is 2.78 bits per heavy atom. The Labute approximate surface area is 175 Å². The molecule has 1 aliphatic rings. The molecule has 1 atom stereocenters. The summed E-state index contributed by atoms with van der Waals surface area (Å²) in [5.41, 5.74) is 0.902. The van der Waals surface area contributed by atoms with E-state index >= 15 is 0 Å². The maximum absolute atomic E-state index is 5.96. The molecule has 0 aliphatic heterocycles. The summed E-state index contributed by atoms with van der Waals surface area (Å²) in [6.45, 7) is 4.49. The van der Waals surface area contributed by atoms with Crippen molar-refractivity contribution in [3.05, 3.63) is 47.7 Å². The highest BCUT2D eigenvalue weighted by atomic mass is 127. The maximum atomic E-state index is 5.96. The van der Waals surface area contributed by atoms with Gasteiger partial charge in [-0.05, 0) is 38.8 Å². The summed E-state index contributed by atoms with van der Waals surface area (Å²) in [5.74, 6) is 3.40. The standard InChI is InChI=1S/C19H24N6O.HI/c1-12(17-10-14-6-4-5-7-16(14)26-17)21-19(22-15-8-9-15)20-11-18-24-23-13(2)25(18)3;/h4-7,10,12,15H,8-9,11H2,1-3H3,(H2,20,21,22);1H. The fourth-order valence-corrected chi connectivity index (χ4v) is 2.78. The molecule has 27 heavy (non-hydrogen) atoms. The third-order valence-electron chi connectivity index (χ3n) is 4.70. The van der Waals surface area contributed by atoms with Gasteiger partial charge in [0.2, 0.25) is 0 Å². The highest BCUT2D eigenvalue weighted by Crippen LogP contribution is 2.24. The van der Waals surface area contributed by atoms with Gasteiger partial charge in [-0.25, -0.2) is 4.99 Å². The molecule has 0 radical (unpaired) electrons. The van der Waals surface area contributed by atoms with Crippen LogP contribution in [-0.2, 0) is 13.6 Å². The van der Waals surface area contributed by atoms with E-state index in [-0.39, 0.29) is 30.0 Å². The van der Waals surface area contributed by atoms with Crippen molar-refractivity contribution in [3.8, 4) is 0 Å². The van der Waals surface area contributed by atoms with Crippen LogP contribution < -0.4 is 10.6 Å². The van der Waals surface area contributed by atoms with Crippen LogP contribution in [0.4, 0.5) is 0 Å². The zero-order chi connectivity index (χ0) is 18.1. The number of aromatic nitrogens is 3. The first-order chi connectivity index (χ1) is 12.6. The summed E-state index contributed by atoms with van der Waals surface area (Å²) < 4.78 is 7.92. The number of hydrogen-bond donors (Lipinski definition) is 2. The third-order valence-corrected chi connectivity index (χ3v) is 4.70. The molecule has 4 rings (SSSR count). The van der Waals surface area contributed by atoms with Crippen LogP contribution in [0.5, 0.6) is 0 Å². The minimum Gasteiger partial charge on any atom is -0.459 e. The minimum atomic E-state index is 0. The van der Waals surface area contributed by atoms with Crippen molar-refractivity contribution < 1.29 is 4.42 Å². The molecule has 1 aliphatic carbocycles. The number of para-hydroxylation sites is 1. The summed E-state index contributed by atoms with van der Waals surface area (Å²) in [6.07, 6.45) is 2.37. The van der Waals surface area contributed by atoms with Crippen LogP contribution >= 0.6 is 24.0 Å². The van der Waals surface area contributed by atoms with Crippen molar-refractivity contribution >= 4 is 40.9 Å². The number of rotatable bonds is 5. The zero-order valence-electron chi connectivity index (χ0n) is 15.8. The smallest absolute Gasteiger partial charge is 0.192 e. The molecule has 8 heteroatoms. The number of benzene rings is 1. The van der Waals surface area contributed by atoms with Gasteiger partial charge in [0.1, 0.15) is 23.7 Å². The second kappa shape index (κ2) is 8.28. The van der Waals surface area contributed by atoms with E-state index in [4.69, 9.17) is 9.41 Å². The predicted octanol–water partition coefficient (Wildman–Crippen LogP) is 3.45. The van der Waals surface area contributed by atoms with E-state index in [1.54, 1.807) is 0 Å². The second-order valence-electron chi connectivity index (χ2n) is 6.86. The predicted molar refractivity (Wildman–Crippen MR) is 116 cm³/mol. The Balaban J connectivity index is 0.00000210. The molecule has 7 nitrogen and oxygen atoms in total. The maximum Gasteiger partial charge on any atom is 0.192 e. The van der Waals surface area contributed by atoms with Gasteiger partial charge in [0.25, 0.3) is 0 Å². The normalized spacial score (nSPS) is 15.4. The Hall–Kier alpha value is -2.10. The molecule has 0 bridgehead atoms. The van der Waals surface area contributed by atoms with Crippen LogP contribution in [-0.4, -0.2) is 26.8 Å². The van der Waals surface area contributed by atoms with E-state index in [0.29, 0.717) is 12.6 Å². The van der Waals surface area contributed by atoms with Gasteiger partial charge in [0.15, 0.2) is 11.8 Å². The van der Waals surface area contributed by atoms with Gasteiger partial charge in [-0.15, -0.1) is 34.2 Å². The van der Waals surface area contributed by atoms with E-state index < -0.39 is 0 Å². The summed E-state index contributed by atoms with van der Waals surface area (Å²) in [7, 11) is 1.96. The van der Waals surface area contributed by atoms with Crippen LogP contribution in [0.1, 0.15) is 43.2 Å². The van der Waals surface area contributed by atoms with Crippen LogP contribution in [0.15, 0.2) is 39.7 Å². The van der Waals surface area contributed by atoms with Crippen LogP contribution in [0.3, 0.4) is 0 Å². The van der Waals surface area contributed by atoms with Gasteiger partial charge in [-0.2, -0.15) is 0 Å². The fraction of sp³-hybridized carbons (Fsp3) is 0.421. The molecule has 0 amide bonds. The highest BCUT2D eigenvalue weighted by molar-refractivity contribution is 14.0. The number of furan rings is 1. The first-order valence-corrected chi connectivity index (χ1v) is 9.01. The number of aliphatic imine (C=N–C) groups is 1. The molecule has 1 fully saturated rings. The topological polar surface area (TPSA) is 80.3 Å². The molecule has 0 spiro atoms. The molecule has 144 valence electrons. The molecular formula is C19H25IN6O. The lowest BCUT2D eigenvalue weighted by Crippen LogP contribution is -2.40. The van der Waals surface area contributed by atoms with E-state index in [2.05, 4.69) is 39.9 Å². The molecule has 2 aromatic heterocycles. The average molecular weight is 480 g/mol. The molecule has 1 aromatic carbocycles. The quantitative estimate of drug-likeness (QED) is 0.332. The summed E-state index contributed by atoms with van der Waals surface area (Å²) in [5, 5.41) is 16.3. The van der Waals surface area contributed by atoms with Gasteiger partial charge < -0.3 is 19.6 Å². The number of fused-ring (bicyclic) bond motifs is 1. The number of hydrogen-bond acceptors (Lipinski definition) is 4. The van der Waals surface area contributed by atoms with Crippen molar-refractivity contribution in [1.29, 1.82) is 0 Å². The summed E-state index contributed by atoms with van der Waals surface area (Å²) in [6, 6.07) is 10.6. The molecule has 2 N–H and O–H groups in total. The Kier molecular flexibility index (Phi) is 6.03. The van der Waals surface area contributed by atoms with Crippen LogP contribution in [0.2, 0.25) is 0 Å². The Morgan fingerprint density at radius 2 is 2.11 bits per heavy atom. The number of aryl methyl sites for hydroxylation is 1. The first-order valence-electron chi connectivity index (χ1n) is 9.01. The summed E-state index contributed by atoms with van der Waals surface area (Å²) in [4.78, 5) is 4.70. The van der Waals surface area contributed by atoms with E-state index in [0.717, 1.165) is 34.3 Å². The van der Waals surface area contributed by atoms with Crippen LogP contribution in [0, 0.1) is 6.92 Å². The highest BCUT2D eigenvalue weighted by Gasteiger charge is 2.23. The number of guanidine groups is 1. The molecule has 3 aromatic rings. The largest absolute Gasteiger partial charge is 0.459 e. The van der Waals surface area contributed by atoms with Gasteiger partial charge in [0.05, 0.1) is 6.04 Å². The lowest BCUT2D eigenvalue weighted by atomic mass is 10.2. The Morgan fingerprint density at radius 1 is 1.33 bits per heavy atom. The average Bonchev–Trinajstić information content (AvgIpc) is 3.25. The number of nitrogens with zero attached hydrogens (tertiary/aromatic N) is 4. The van der Waals surface area contributed by atoms with E-state index in [9.17, 15) is 0 Å². The van der Waals surface area contributed by atoms with Crippen molar-refractivity contribution in [2.45, 2.75) is 45.3 Å². The zero-order valence-corrected chi connectivity index (χ0v) is 18.1. The SMILES string of the molecule is Cc1nnc(CN=C(NC2CC2)NC(C)c2cc3ccccc3o2)n1C.I. The molecule has 1 unspecified atom stereocenters. The Bertz CT molecular complexity index is 910. The van der Waals surface area contributed by atoms with Crippen molar-refractivity contribution in [1.82, 2.24) is 25.4 Å². The monoisotopic (exact) mass is 480 g/mol. The van der Waals surface area contributed by atoms with Crippen LogP contribution in [0.25, 0.3) is 11.0 Å². The lowest BCUT2D eigenvalue weighted by molar-refractivity contribution is 0.488. The van der Waals surface area contributed by atoms with E-state index in [1.807, 2.05) is 36.7 Å². The molecular weight excluding hydrogens is 455 g/mol. The third kappa shape index (κ3) is 4.60. The first kappa shape index (κ1) is 19.7. The fourth-order valence-electron chi connectivity index (χ4n) is 2.78. The van der Waals surface area contributed by atoms with Crippen molar-refractivity contribution in [3.63, 3.8) is 0 Å². The number of nitrogens with one attached hydrogen (secondary N) is 2. The number of halogens is 1. The second-order valence-corrected chi connectivity index (χ2v) is 6.86. The molecule has 1 saturated carbocycles. The van der Waals surface area contributed by atoms with Gasteiger partial charge in [-0.3, -0.25) is 0 Å². The van der Waals surface area contributed by atoms with Crippen molar-refractivity contribution in [2.75, 3.05) is 0 Å². The van der Waals surface area contributed by atoms with Gasteiger partial charge in [0, 0.05) is 18.5 Å².